The van der Waals surface area contributed by atoms with Gasteiger partial charge in [-0.15, -0.1) is 0 Å². The van der Waals surface area contributed by atoms with Crippen LogP contribution in [-0.2, 0) is 17.6 Å². The van der Waals surface area contributed by atoms with Crippen molar-refractivity contribution in [2.45, 2.75) is 45.3 Å². The lowest BCUT2D eigenvalue weighted by Crippen LogP contribution is -3.16. The predicted molar refractivity (Wildman–Crippen MR) is 79.5 cm³/mol. The van der Waals surface area contributed by atoms with E-state index >= 15 is 0 Å². The second-order valence-corrected chi connectivity index (χ2v) is 6.30. The maximum absolute atomic E-state index is 5.94. The van der Waals surface area contributed by atoms with Gasteiger partial charge in [0, 0.05) is 0 Å². The lowest BCUT2D eigenvalue weighted by Gasteiger charge is -2.32. The number of morpholine rings is 1. The van der Waals surface area contributed by atoms with Gasteiger partial charge in [-0.2, -0.15) is 0 Å². The van der Waals surface area contributed by atoms with Gasteiger partial charge in [0.05, 0.1) is 0 Å². The van der Waals surface area contributed by atoms with Crippen molar-refractivity contribution < 1.29 is 14.4 Å². The van der Waals surface area contributed by atoms with E-state index in [2.05, 4.69) is 32.0 Å². The number of aryl methyl sites for hydroxylation is 2. The Morgan fingerprint density at radius 1 is 1.15 bits per heavy atom. The van der Waals surface area contributed by atoms with Crippen molar-refractivity contribution in [1.29, 1.82) is 0 Å². The molecule has 1 aliphatic carbocycles. The van der Waals surface area contributed by atoms with Gasteiger partial charge in [0.1, 0.15) is 44.2 Å². The number of hydrogen-bond donors (Lipinski definition) is 1. The normalized spacial score (nSPS) is 29.2. The number of fused-ring (bicyclic) bond motifs is 1. The lowest BCUT2D eigenvalue weighted by atomic mass is 10.1. The van der Waals surface area contributed by atoms with E-state index in [4.69, 9.17) is 9.47 Å². The molecule has 0 saturated carbocycles. The zero-order chi connectivity index (χ0) is 13.9. The van der Waals surface area contributed by atoms with E-state index in [-0.39, 0.29) is 0 Å². The monoisotopic (exact) mass is 276 g/mol. The Labute approximate surface area is 121 Å². The third kappa shape index (κ3) is 3.33. The molecule has 1 aliphatic heterocycles. The molecule has 2 aliphatic rings. The number of rotatable bonds is 4. The molecule has 0 aromatic heterocycles. The minimum Gasteiger partial charge on any atom is -0.488 e. The lowest BCUT2D eigenvalue weighted by molar-refractivity contribution is -0.915. The van der Waals surface area contributed by atoms with Crippen LogP contribution in [0.5, 0.6) is 5.75 Å². The summed E-state index contributed by atoms with van der Waals surface area (Å²) < 4.78 is 11.7. The van der Waals surface area contributed by atoms with Crippen LogP contribution in [0.2, 0.25) is 0 Å². The third-order valence-electron chi connectivity index (χ3n) is 4.41. The van der Waals surface area contributed by atoms with E-state index in [1.165, 1.54) is 30.4 Å². The fraction of sp³-hybridized carbons (Fsp3) is 0.647. The Hall–Kier alpha value is -1.06. The van der Waals surface area contributed by atoms with Crippen molar-refractivity contribution in [2.75, 3.05) is 26.2 Å². The van der Waals surface area contributed by atoms with Gasteiger partial charge in [-0.1, -0.05) is 6.07 Å². The SMILES string of the molecule is C[C@H]1C[NH+](CCOc2ccc3c(c2)CCC3)C[C@H](C)O1. The quantitative estimate of drug-likeness (QED) is 0.894. The summed E-state index contributed by atoms with van der Waals surface area (Å²) in [6.07, 6.45) is 4.49. The molecule has 3 nitrogen and oxygen atoms in total. The highest BCUT2D eigenvalue weighted by molar-refractivity contribution is 5.38. The van der Waals surface area contributed by atoms with Crippen molar-refractivity contribution >= 4 is 0 Å². The first-order valence-electron chi connectivity index (χ1n) is 7.94. The van der Waals surface area contributed by atoms with Crippen molar-refractivity contribution in [3.8, 4) is 5.75 Å². The topological polar surface area (TPSA) is 22.9 Å². The molecule has 3 heteroatoms. The maximum Gasteiger partial charge on any atom is 0.137 e. The van der Waals surface area contributed by atoms with Crippen LogP contribution in [0.15, 0.2) is 18.2 Å². The van der Waals surface area contributed by atoms with Crippen molar-refractivity contribution in [2.24, 2.45) is 0 Å². The molecule has 20 heavy (non-hydrogen) atoms. The molecule has 0 bridgehead atoms. The van der Waals surface area contributed by atoms with E-state index in [0.717, 1.165) is 32.0 Å². The molecule has 0 radical (unpaired) electrons. The first-order valence-corrected chi connectivity index (χ1v) is 7.94. The Bertz CT molecular complexity index is 450. The van der Waals surface area contributed by atoms with Gasteiger partial charge in [-0.3, -0.25) is 0 Å². The fourth-order valence-corrected chi connectivity index (χ4v) is 3.54. The third-order valence-corrected chi connectivity index (χ3v) is 4.41. The van der Waals surface area contributed by atoms with Crippen LogP contribution in [0.4, 0.5) is 0 Å². The summed E-state index contributed by atoms with van der Waals surface area (Å²) in [5, 5.41) is 0. The predicted octanol–water partition coefficient (Wildman–Crippen LogP) is 1.25. The minimum absolute atomic E-state index is 0.369. The average Bonchev–Trinajstić information content (AvgIpc) is 2.85. The summed E-state index contributed by atoms with van der Waals surface area (Å²) in [6, 6.07) is 6.61. The molecule has 3 rings (SSSR count). The molecule has 0 spiro atoms. The molecule has 1 N–H and O–H groups in total. The van der Waals surface area contributed by atoms with Crippen LogP contribution < -0.4 is 9.64 Å². The first kappa shape index (κ1) is 13.9. The van der Waals surface area contributed by atoms with Gasteiger partial charge in [-0.05, 0) is 56.4 Å². The van der Waals surface area contributed by atoms with Crippen LogP contribution in [0, 0.1) is 0 Å². The molecule has 1 saturated heterocycles. The molecule has 110 valence electrons. The summed E-state index contributed by atoms with van der Waals surface area (Å²) in [5.74, 6) is 1.04. The van der Waals surface area contributed by atoms with Crippen molar-refractivity contribution in [3.63, 3.8) is 0 Å². The second-order valence-electron chi connectivity index (χ2n) is 6.30. The molecular formula is C17H26NO2+. The van der Waals surface area contributed by atoms with Gasteiger partial charge in [0.25, 0.3) is 0 Å². The van der Waals surface area contributed by atoms with Crippen LogP contribution >= 0.6 is 0 Å². The van der Waals surface area contributed by atoms with Gasteiger partial charge >= 0.3 is 0 Å². The molecule has 1 aromatic carbocycles. The number of quaternary nitrogens is 1. The zero-order valence-corrected chi connectivity index (χ0v) is 12.7. The highest BCUT2D eigenvalue weighted by Crippen LogP contribution is 2.25. The summed E-state index contributed by atoms with van der Waals surface area (Å²) in [6.45, 7) is 8.38. The summed E-state index contributed by atoms with van der Waals surface area (Å²) in [7, 11) is 0. The van der Waals surface area contributed by atoms with Gasteiger partial charge < -0.3 is 14.4 Å². The molecule has 0 amide bonds. The van der Waals surface area contributed by atoms with E-state index in [1.807, 2.05) is 0 Å². The van der Waals surface area contributed by atoms with Crippen molar-refractivity contribution in [1.82, 2.24) is 0 Å². The van der Waals surface area contributed by atoms with E-state index in [0.29, 0.717) is 12.2 Å². The smallest absolute Gasteiger partial charge is 0.137 e. The molecule has 0 unspecified atom stereocenters. The Kier molecular flexibility index (Phi) is 4.27. The standard InChI is InChI=1S/C17H25NO2/c1-13-11-18(12-14(2)20-13)8-9-19-17-7-6-15-4-3-5-16(15)10-17/h6-7,10,13-14H,3-5,8-9,11-12H2,1-2H3/p+1/t13-,14-/m0/s1. The zero-order valence-electron chi connectivity index (χ0n) is 12.7. The Balaban J connectivity index is 1.48. The van der Waals surface area contributed by atoms with Gasteiger partial charge in [-0.25, -0.2) is 0 Å². The highest BCUT2D eigenvalue weighted by Gasteiger charge is 2.25. The van der Waals surface area contributed by atoms with Gasteiger partial charge in [0.15, 0.2) is 0 Å². The van der Waals surface area contributed by atoms with E-state index in [1.54, 1.807) is 4.90 Å². The highest BCUT2D eigenvalue weighted by atomic mass is 16.5. The number of benzene rings is 1. The van der Waals surface area contributed by atoms with E-state index < -0.39 is 0 Å². The molecular weight excluding hydrogens is 250 g/mol. The van der Waals surface area contributed by atoms with Gasteiger partial charge in [0.2, 0.25) is 0 Å². The number of ether oxygens (including phenoxy) is 2. The van der Waals surface area contributed by atoms with Crippen LogP contribution in [0.3, 0.4) is 0 Å². The Morgan fingerprint density at radius 3 is 2.70 bits per heavy atom. The number of hydrogen-bond acceptors (Lipinski definition) is 2. The van der Waals surface area contributed by atoms with Crippen molar-refractivity contribution in [3.05, 3.63) is 29.3 Å². The molecule has 1 heterocycles. The van der Waals surface area contributed by atoms with E-state index in [9.17, 15) is 0 Å². The average molecular weight is 276 g/mol. The second kappa shape index (κ2) is 6.15. The largest absolute Gasteiger partial charge is 0.488 e. The molecule has 1 aromatic rings. The summed E-state index contributed by atoms with van der Waals surface area (Å²) in [5.41, 5.74) is 3.00. The molecule has 1 fully saturated rings. The molecule has 2 atom stereocenters. The summed E-state index contributed by atoms with van der Waals surface area (Å²) in [4.78, 5) is 1.59. The first-order chi connectivity index (χ1) is 9.70. The fourth-order valence-electron chi connectivity index (χ4n) is 3.54. The number of nitrogens with one attached hydrogen (secondary N) is 1. The van der Waals surface area contributed by atoms with Crippen LogP contribution in [-0.4, -0.2) is 38.4 Å². The van der Waals surface area contributed by atoms with Crippen LogP contribution in [0.25, 0.3) is 0 Å². The maximum atomic E-state index is 5.94. The van der Waals surface area contributed by atoms with Crippen LogP contribution in [0.1, 0.15) is 31.4 Å². The minimum atomic E-state index is 0.369. The Morgan fingerprint density at radius 2 is 1.90 bits per heavy atom. The summed E-state index contributed by atoms with van der Waals surface area (Å²) >= 11 is 0.